The largest absolute Gasteiger partial charge is 0.493 e. The van der Waals surface area contributed by atoms with E-state index in [-0.39, 0.29) is 11.7 Å². The first-order valence-electron chi connectivity index (χ1n) is 10.3. The van der Waals surface area contributed by atoms with Gasteiger partial charge in [-0.05, 0) is 61.2 Å². The molecule has 1 atom stereocenters. The predicted octanol–water partition coefficient (Wildman–Crippen LogP) is 5.12. The molecule has 0 spiro atoms. The van der Waals surface area contributed by atoms with E-state index in [2.05, 4.69) is 23.5 Å². The summed E-state index contributed by atoms with van der Waals surface area (Å²) in [6.45, 7) is 1.99. The van der Waals surface area contributed by atoms with E-state index in [1.807, 2.05) is 31.2 Å². The minimum atomic E-state index is -0.169. The number of aryl methyl sites for hydroxylation is 1. The number of benzene rings is 2. The van der Waals surface area contributed by atoms with E-state index in [4.69, 9.17) is 14.5 Å². The number of anilines is 1. The Bertz CT molecular complexity index is 1210. The molecule has 0 saturated heterocycles. The van der Waals surface area contributed by atoms with Crippen LogP contribution in [-0.2, 0) is 4.79 Å². The maximum atomic E-state index is 13.1. The van der Waals surface area contributed by atoms with Gasteiger partial charge in [0.1, 0.15) is 0 Å². The van der Waals surface area contributed by atoms with Crippen molar-refractivity contribution in [3.8, 4) is 11.5 Å². The van der Waals surface area contributed by atoms with Gasteiger partial charge in [-0.1, -0.05) is 12.1 Å². The maximum Gasteiger partial charge on any atom is 0.161 e. The number of ether oxygens (including phenoxy) is 2. The summed E-state index contributed by atoms with van der Waals surface area (Å²) in [5.74, 6) is 1.38. The van der Waals surface area contributed by atoms with Crippen LogP contribution < -0.4 is 14.8 Å². The zero-order valence-electron chi connectivity index (χ0n) is 17.4. The number of aromatic nitrogens is 1. The first-order valence-corrected chi connectivity index (χ1v) is 10.3. The molecule has 0 radical (unpaired) electrons. The van der Waals surface area contributed by atoms with Crippen LogP contribution in [0.4, 0.5) is 5.69 Å². The Morgan fingerprint density at radius 1 is 1.00 bits per heavy atom. The van der Waals surface area contributed by atoms with Gasteiger partial charge in [0.25, 0.3) is 0 Å². The molecule has 1 N–H and O–H groups in total. The lowest BCUT2D eigenvalue weighted by Crippen LogP contribution is -2.27. The van der Waals surface area contributed by atoms with E-state index >= 15 is 0 Å². The van der Waals surface area contributed by atoms with Gasteiger partial charge >= 0.3 is 0 Å². The number of allylic oxidation sites excluding steroid dienone is 2. The third-order valence-corrected chi connectivity index (χ3v) is 6.11. The lowest BCUT2D eigenvalue weighted by atomic mass is 9.74. The fourth-order valence-corrected chi connectivity index (χ4v) is 4.75. The molecule has 1 aromatic heterocycles. The molecule has 0 saturated carbocycles. The molecule has 1 aliphatic heterocycles. The number of methoxy groups -OCH3 is 2. The second-order valence-corrected chi connectivity index (χ2v) is 7.89. The number of ketones is 1. The van der Waals surface area contributed by atoms with Gasteiger partial charge in [-0.2, -0.15) is 0 Å². The molecule has 0 fully saturated rings. The van der Waals surface area contributed by atoms with Gasteiger partial charge in [-0.15, -0.1) is 0 Å². The third kappa shape index (κ3) is 2.84. The number of nitrogens with one attached hydrogen (secondary N) is 1. The Morgan fingerprint density at radius 3 is 2.63 bits per heavy atom. The summed E-state index contributed by atoms with van der Waals surface area (Å²) in [6.07, 6.45) is 2.35. The summed E-state index contributed by atoms with van der Waals surface area (Å²) >= 11 is 0. The van der Waals surface area contributed by atoms with Gasteiger partial charge < -0.3 is 14.8 Å². The van der Waals surface area contributed by atoms with Crippen LogP contribution in [0.15, 0.2) is 53.7 Å². The van der Waals surface area contributed by atoms with Gasteiger partial charge in [-0.25, -0.2) is 0 Å². The molecule has 2 aliphatic rings. The van der Waals surface area contributed by atoms with Crippen LogP contribution in [0.5, 0.6) is 11.5 Å². The summed E-state index contributed by atoms with van der Waals surface area (Å²) in [7, 11) is 3.26. The molecule has 5 nitrogen and oxygen atoms in total. The average Bonchev–Trinajstić information content (AvgIpc) is 2.77. The Kier molecular flexibility index (Phi) is 4.46. The molecule has 0 unspecified atom stereocenters. The number of fused-ring (bicyclic) bond motifs is 3. The minimum Gasteiger partial charge on any atom is -0.493 e. The smallest absolute Gasteiger partial charge is 0.161 e. The van der Waals surface area contributed by atoms with Crippen molar-refractivity contribution in [2.75, 3.05) is 19.5 Å². The van der Waals surface area contributed by atoms with Crippen molar-refractivity contribution in [3.63, 3.8) is 0 Å². The molecule has 5 heteroatoms. The number of Topliss-reactive ketones (excluding diaryl/α,β-unsaturated/α-hetero) is 1. The van der Waals surface area contributed by atoms with Crippen molar-refractivity contribution in [2.24, 2.45) is 0 Å². The van der Waals surface area contributed by atoms with E-state index in [1.165, 1.54) is 0 Å². The minimum absolute atomic E-state index is 0.169. The van der Waals surface area contributed by atoms with E-state index in [0.29, 0.717) is 17.9 Å². The predicted molar refractivity (Wildman–Crippen MR) is 117 cm³/mol. The van der Waals surface area contributed by atoms with Crippen molar-refractivity contribution >= 4 is 22.4 Å². The summed E-state index contributed by atoms with van der Waals surface area (Å²) in [4.78, 5) is 17.8. The zero-order chi connectivity index (χ0) is 20.8. The normalized spacial score (nSPS) is 18.0. The second-order valence-electron chi connectivity index (χ2n) is 7.89. The van der Waals surface area contributed by atoms with Crippen LogP contribution in [0.25, 0.3) is 10.9 Å². The lowest BCUT2D eigenvalue weighted by molar-refractivity contribution is -0.116. The highest BCUT2D eigenvalue weighted by Crippen LogP contribution is 2.48. The standard InChI is InChI=1S/C25H24N2O3/c1-14-7-9-16-17(26-14)10-11-19-24(16)23(25-18(27-19)5-4-6-20(25)28)15-8-12-21(29-2)22(13-15)30-3/h7-13,23,27H,4-6H2,1-3H3/t23-/m1/s1. The van der Waals surface area contributed by atoms with Crippen molar-refractivity contribution in [3.05, 3.63) is 70.6 Å². The van der Waals surface area contributed by atoms with Gasteiger partial charge in [0, 0.05) is 40.4 Å². The van der Waals surface area contributed by atoms with Crippen molar-refractivity contribution in [1.29, 1.82) is 0 Å². The molecule has 0 bridgehead atoms. The van der Waals surface area contributed by atoms with Crippen LogP contribution in [0, 0.1) is 6.92 Å². The number of rotatable bonds is 3. The molecule has 1 aliphatic carbocycles. The van der Waals surface area contributed by atoms with Crippen LogP contribution >= 0.6 is 0 Å². The first kappa shape index (κ1) is 18.7. The average molecular weight is 400 g/mol. The lowest BCUT2D eigenvalue weighted by Gasteiger charge is -2.35. The molecule has 3 aromatic rings. The summed E-state index contributed by atoms with van der Waals surface area (Å²) < 4.78 is 11.0. The van der Waals surface area contributed by atoms with Crippen LogP contribution in [-0.4, -0.2) is 25.0 Å². The van der Waals surface area contributed by atoms with Gasteiger partial charge in [0.05, 0.1) is 19.7 Å². The van der Waals surface area contributed by atoms with Crippen LogP contribution in [0.3, 0.4) is 0 Å². The van der Waals surface area contributed by atoms with Crippen LogP contribution in [0.1, 0.15) is 42.0 Å². The van der Waals surface area contributed by atoms with E-state index in [1.54, 1.807) is 14.2 Å². The highest BCUT2D eigenvalue weighted by molar-refractivity contribution is 6.03. The van der Waals surface area contributed by atoms with E-state index < -0.39 is 0 Å². The number of hydrogen-bond donors (Lipinski definition) is 1. The van der Waals surface area contributed by atoms with Crippen LogP contribution in [0.2, 0.25) is 0 Å². The molecule has 5 rings (SSSR count). The van der Waals surface area contributed by atoms with Crippen molar-refractivity contribution < 1.29 is 14.3 Å². The SMILES string of the molecule is COc1ccc([C@H]2C3=C(CCCC3=O)Nc3ccc4nc(C)ccc4c32)cc1OC. The Hall–Kier alpha value is -3.34. The van der Waals surface area contributed by atoms with E-state index in [0.717, 1.165) is 57.5 Å². The number of hydrogen-bond acceptors (Lipinski definition) is 5. The first-order chi connectivity index (χ1) is 14.6. The molecule has 30 heavy (non-hydrogen) atoms. The van der Waals surface area contributed by atoms with Gasteiger partial charge in [0.15, 0.2) is 17.3 Å². The van der Waals surface area contributed by atoms with Gasteiger partial charge in [-0.3, -0.25) is 9.78 Å². The van der Waals surface area contributed by atoms with E-state index in [9.17, 15) is 4.79 Å². The quantitative estimate of drug-likeness (QED) is 0.661. The summed E-state index contributed by atoms with van der Waals surface area (Å²) in [5.41, 5.74) is 6.98. The molecule has 152 valence electrons. The fourth-order valence-electron chi connectivity index (χ4n) is 4.75. The Morgan fingerprint density at radius 2 is 1.83 bits per heavy atom. The number of nitrogens with zero attached hydrogens (tertiary/aromatic N) is 1. The number of carbonyl (C=O) groups excluding carboxylic acids is 1. The zero-order valence-corrected chi connectivity index (χ0v) is 17.4. The monoisotopic (exact) mass is 400 g/mol. The maximum absolute atomic E-state index is 13.1. The molecule has 2 heterocycles. The third-order valence-electron chi connectivity index (χ3n) is 6.11. The van der Waals surface area contributed by atoms with Gasteiger partial charge in [0.2, 0.25) is 0 Å². The van der Waals surface area contributed by atoms with Crippen molar-refractivity contribution in [2.45, 2.75) is 32.1 Å². The highest BCUT2D eigenvalue weighted by Gasteiger charge is 2.36. The molecular weight excluding hydrogens is 376 g/mol. The Balaban J connectivity index is 1.81. The second kappa shape index (κ2) is 7.17. The molecule has 2 aromatic carbocycles. The topological polar surface area (TPSA) is 60.5 Å². The molecular formula is C25H24N2O3. The summed E-state index contributed by atoms with van der Waals surface area (Å²) in [6, 6.07) is 14.2. The fraction of sp³-hybridized carbons (Fsp3) is 0.280. The highest BCUT2D eigenvalue weighted by atomic mass is 16.5. The number of carbonyl (C=O) groups is 1. The summed E-state index contributed by atoms with van der Waals surface area (Å²) in [5, 5.41) is 4.63. The number of pyridine rings is 1. The molecule has 0 amide bonds. The Labute approximate surface area is 175 Å². The van der Waals surface area contributed by atoms with Crippen molar-refractivity contribution in [1.82, 2.24) is 4.98 Å².